The van der Waals surface area contributed by atoms with Crippen LogP contribution in [0.4, 0.5) is 4.39 Å². The molecule has 0 saturated heterocycles. The zero-order valence-corrected chi connectivity index (χ0v) is 19.1. The summed E-state index contributed by atoms with van der Waals surface area (Å²) < 4.78 is 20.5. The van der Waals surface area contributed by atoms with Gasteiger partial charge in [0.15, 0.2) is 0 Å². The molecule has 4 rings (SSSR count). The van der Waals surface area contributed by atoms with Crippen molar-refractivity contribution in [3.8, 4) is 34.2 Å². The van der Waals surface area contributed by atoms with Crippen molar-refractivity contribution in [1.29, 1.82) is 0 Å². The van der Waals surface area contributed by atoms with Gasteiger partial charge < -0.3 is 19.8 Å². The van der Waals surface area contributed by atoms with Gasteiger partial charge in [-0.25, -0.2) is 9.07 Å². The zero-order chi connectivity index (χ0) is 24.4. The van der Waals surface area contributed by atoms with Gasteiger partial charge in [0.05, 0.1) is 35.3 Å². The average Bonchev–Trinajstić information content (AvgIpc) is 3.28. The van der Waals surface area contributed by atoms with Gasteiger partial charge in [0.2, 0.25) is 0 Å². The van der Waals surface area contributed by atoms with E-state index < -0.39 is 17.5 Å². The van der Waals surface area contributed by atoms with Crippen LogP contribution < -0.4 is 4.74 Å². The summed E-state index contributed by atoms with van der Waals surface area (Å²) in [5.74, 6) is -1.20. The number of phenols is 2. The summed E-state index contributed by atoms with van der Waals surface area (Å²) in [5.41, 5.74) is 1.75. The van der Waals surface area contributed by atoms with Crippen LogP contribution in [0.5, 0.6) is 17.2 Å². The monoisotopic (exact) mass is 481 g/mol. The summed E-state index contributed by atoms with van der Waals surface area (Å²) >= 11 is 6.32. The van der Waals surface area contributed by atoms with Gasteiger partial charge in [-0.3, -0.25) is 4.79 Å². The van der Waals surface area contributed by atoms with Crippen LogP contribution >= 0.6 is 11.6 Å². The lowest BCUT2D eigenvalue weighted by molar-refractivity contribution is 0.0781. The Morgan fingerprint density at radius 2 is 1.88 bits per heavy atom. The molecule has 4 aromatic rings. The number of aromatic hydroxyl groups is 2. The van der Waals surface area contributed by atoms with Gasteiger partial charge in [-0.1, -0.05) is 23.7 Å². The number of benzene rings is 3. The Morgan fingerprint density at radius 1 is 1.12 bits per heavy atom. The number of ether oxygens (including phenoxy) is 1. The number of hydrogen-bond acceptors (Lipinski definition) is 5. The lowest BCUT2D eigenvalue weighted by atomic mass is 10.0. The first-order chi connectivity index (χ1) is 16.3. The van der Waals surface area contributed by atoms with E-state index in [1.165, 1.54) is 54.2 Å². The van der Waals surface area contributed by atoms with Gasteiger partial charge in [-0.15, -0.1) is 0 Å². The number of aromatic nitrogens is 2. The topological polar surface area (TPSA) is 87.8 Å². The minimum atomic E-state index is -0.533. The van der Waals surface area contributed by atoms with E-state index in [0.29, 0.717) is 27.7 Å². The molecule has 0 saturated carbocycles. The molecule has 174 valence electrons. The van der Waals surface area contributed by atoms with Gasteiger partial charge >= 0.3 is 0 Å². The summed E-state index contributed by atoms with van der Waals surface area (Å²) in [6.07, 6.45) is 1.54. The van der Waals surface area contributed by atoms with Crippen molar-refractivity contribution in [2.75, 3.05) is 14.2 Å². The summed E-state index contributed by atoms with van der Waals surface area (Å²) in [6.45, 7) is 0.0347. The first-order valence-electron chi connectivity index (χ1n) is 10.2. The molecule has 0 radical (unpaired) electrons. The number of carbonyl (C=O) groups is 1. The molecule has 0 aliphatic heterocycles. The summed E-state index contributed by atoms with van der Waals surface area (Å²) in [7, 11) is 2.98. The van der Waals surface area contributed by atoms with Gasteiger partial charge in [-0.2, -0.15) is 5.10 Å². The first kappa shape index (κ1) is 23.1. The number of hydrogen-bond donors (Lipinski definition) is 2. The van der Waals surface area contributed by atoms with Crippen LogP contribution in [0, 0.1) is 5.82 Å². The van der Waals surface area contributed by atoms with E-state index in [4.69, 9.17) is 16.3 Å². The number of rotatable bonds is 6. The van der Waals surface area contributed by atoms with Gasteiger partial charge in [-0.05, 0) is 42.5 Å². The number of amides is 1. The molecular weight excluding hydrogens is 461 g/mol. The summed E-state index contributed by atoms with van der Waals surface area (Å²) in [6, 6.07) is 15.2. The largest absolute Gasteiger partial charge is 0.507 e. The molecule has 0 aliphatic rings. The Bertz CT molecular complexity index is 1370. The summed E-state index contributed by atoms with van der Waals surface area (Å²) in [4.78, 5) is 14.5. The van der Waals surface area contributed by atoms with Crippen LogP contribution in [0.1, 0.15) is 15.9 Å². The fraction of sp³-hybridized carbons (Fsp3) is 0.120. The molecule has 0 unspecified atom stereocenters. The Hall–Kier alpha value is -4.04. The second kappa shape index (κ2) is 9.44. The fourth-order valence-corrected chi connectivity index (χ4v) is 3.90. The molecule has 7 nitrogen and oxygen atoms in total. The molecule has 0 spiro atoms. The third-order valence-electron chi connectivity index (χ3n) is 5.34. The molecule has 0 bridgehead atoms. The van der Waals surface area contributed by atoms with E-state index in [-0.39, 0.29) is 23.4 Å². The SMILES string of the molecule is COc1ccc(F)cc1CN(C)C(=O)c1cc(-c2ccnn2-c2ccccc2Cl)c(O)cc1O. The Kier molecular flexibility index (Phi) is 6.43. The standard InChI is InChI=1S/C25H21ClFN3O4/c1-29(14-15-11-16(27)7-8-24(15)34-2)25(33)18-12-17(22(31)13-23(18)32)20-9-10-28-30(20)21-6-4-3-5-19(21)26/h3-13,31-32H,14H2,1-2H3. The Labute approximate surface area is 200 Å². The maximum absolute atomic E-state index is 13.7. The molecule has 9 heteroatoms. The van der Waals surface area contributed by atoms with Crippen LogP contribution in [-0.4, -0.2) is 45.0 Å². The Morgan fingerprint density at radius 3 is 2.62 bits per heavy atom. The third-order valence-corrected chi connectivity index (χ3v) is 5.66. The molecule has 1 heterocycles. The zero-order valence-electron chi connectivity index (χ0n) is 18.4. The minimum Gasteiger partial charge on any atom is -0.507 e. The molecule has 3 aromatic carbocycles. The molecule has 34 heavy (non-hydrogen) atoms. The number of phenolic OH excluding ortho intramolecular Hbond substituents is 2. The van der Waals surface area contributed by atoms with Crippen LogP contribution in [0.25, 0.3) is 16.9 Å². The van der Waals surface area contributed by atoms with Crippen molar-refractivity contribution in [3.63, 3.8) is 0 Å². The van der Waals surface area contributed by atoms with Crippen molar-refractivity contribution in [2.24, 2.45) is 0 Å². The van der Waals surface area contributed by atoms with Crippen molar-refractivity contribution < 1.29 is 24.1 Å². The average molecular weight is 482 g/mol. The van der Waals surface area contributed by atoms with E-state index in [2.05, 4.69) is 5.10 Å². The van der Waals surface area contributed by atoms with E-state index in [9.17, 15) is 19.4 Å². The van der Waals surface area contributed by atoms with Gasteiger partial charge in [0.1, 0.15) is 23.1 Å². The molecular formula is C25H21ClFN3O4. The predicted molar refractivity (Wildman–Crippen MR) is 126 cm³/mol. The normalized spacial score (nSPS) is 10.8. The maximum Gasteiger partial charge on any atom is 0.257 e. The molecule has 1 aromatic heterocycles. The highest BCUT2D eigenvalue weighted by atomic mass is 35.5. The fourth-order valence-electron chi connectivity index (χ4n) is 3.68. The number of carbonyl (C=O) groups excluding carboxylic acids is 1. The van der Waals surface area contributed by atoms with E-state index in [1.807, 2.05) is 0 Å². The van der Waals surface area contributed by atoms with Crippen LogP contribution in [0.2, 0.25) is 5.02 Å². The van der Waals surface area contributed by atoms with Gasteiger partial charge in [0.25, 0.3) is 5.91 Å². The number of halogens is 2. The number of methoxy groups -OCH3 is 1. The highest BCUT2D eigenvalue weighted by Crippen LogP contribution is 2.37. The maximum atomic E-state index is 13.7. The van der Waals surface area contributed by atoms with Gasteiger partial charge in [0, 0.05) is 30.8 Å². The smallest absolute Gasteiger partial charge is 0.257 e. The van der Waals surface area contributed by atoms with Crippen LogP contribution in [0.15, 0.2) is 66.9 Å². The highest BCUT2D eigenvalue weighted by Gasteiger charge is 2.22. The molecule has 0 fully saturated rings. The van der Waals surface area contributed by atoms with E-state index in [1.54, 1.807) is 30.3 Å². The predicted octanol–water partition coefficient (Wildman–Crippen LogP) is 5.02. The van der Waals surface area contributed by atoms with E-state index >= 15 is 0 Å². The Balaban J connectivity index is 1.71. The molecule has 1 amide bonds. The van der Waals surface area contributed by atoms with E-state index in [0.717, 1.165) is 6.07 Å². The van der Waals surface area contributed by atoms with Crippen LogP contribution in [0.3, 0.4) is 0 Å². The lowest BCUT2D eigenvalue weighted by Crippen LogP contribution is -2.26. The minimum absolute atomic E-state index is 0.0347. The summed E-state index contributed by atoms with van der Waals surface area (Å²) in [5, 5.41) is 25.7. The van der Waals surface area contributed by atoms with Crippen molar-refractivity contribution in [1.82, 2.24) is 14.7 Å². The lowest BCUT2D eigenvalue weighted by Gasteiger charge is -2.20. The molecule has 2 N–H and O–H groups in total. The molecule has 0 aliphatic carbocycles. The number of para-hydroxylation sites is 1. The first-order valence-corrected chi connectivity index (χ1v) is 10.6. The third kappa shape index (κ3) is 4.40. The van der Waals surface area contributed by atoms with Crippen molar-refractivity contribution in [2.45, 2.75) is 6.54 Å². The van der Waals surface area contributed by atoms with Crippen LogP contribution in [-0.2, 0) is 6.54 Å². The van der Waals surface area contributed by atoms with Crippen molar-refractivity contribution in [3.05, 3.63) is 88.8 Å². The second-order valence-corrected chi connectivity index (χ2v) is 7.99. The molecule has 0 atom stereocenters. The van der Waals surface area contributed by atoms with Crippen molar-refractivity contribution >= 4 is 17.5 Å². The highest BCUT2D eigenvalue weighted by molar-refractivity contribution is 6.32. The second-order valence-electron chi connectivity index (χ2n) is 7.58. The quantitative estimate of drug-likeness (QED) is 0.403. The number of nitrogens with zero attached hydrogens (tertiary/aromatic N) is 3.